The summed E-state index contributed by atoms with van der Waals surface area (Å²) in [6, 6.07) is 15.1. The zero-order chi connectivity index (χ0) is 27.2. The second-order valence-electron chi connectivity index (χ2n) is 10.4. The number of para-hydroxylation sites is 1. The summed E-state index contributed by atoms with van der Waals surface area (Å²) in [4.78, 5) is 21.9. The quantitative estimate of drug-likeness (QED) is 0.125. The number of H-pyrrole nitrogens is 1. The van der Waals surface area contributed by atoms with Gasteiger partial charge in [-0.3, -0.25) is 24.7 Å². The highest BCUT2D eigenvalue weighted by Gasteiger charge is 2.29. The van der Waals surface area contributed by atoms with E-state index < -0.39 is 16.6 Å². The van der Waals surface area contributed by atoms with Gasteiger partial charge in [0.25, 0.3) is 5.91 Å². The predicted octanol–water partition coefficient (Wildman–Crippen LogP) is 2.40. The Hall–Kier alpha value is -3.02. The number of benzene rings is 2. The summed E-state index contributed by atoms with van der Waals surface area (Å²) < 4.78 is 22.2. The third-order valence-corrected chi connectivity index (χ3v) is 8.65. The van der Waals surface area contributed by atoms with E-state index in [1.807, 2.05) is 11.0 Å². The van der Waals surface area contributed by atoms with Crippen LogP contribution in [0.2, 0.25) is 0 Å². The maximum atomic E-state index is 11.4. The molecule has 10 heteroatoms. The molecule has 2 heterocycles. The molecule has 3 N–H and O–H groups in total. The number of nitrogens with one attached hydrogen (secondary N) is 2. The van der Waals surface area contributed by atoms with E-state index in [4.69, 9.17) is 5.21 Å². The lowest BCUT2D eigenvalue weighted by Gasteiger charge is -2.36. The zero-order valence-corrected chi connectivity index (χ0v) is 23.0. The van der Waals surface area contributed by atoms with E-state index in [1.165, 1.54) is 33.7 Å². The van der Waals surface area contributed by atoms with Gasteiger partial charge in [0.05, 0.1) is 5.88 Å². The van der Waals surface area contributed by atoms with Crippen molar-refractivity contribution in [2.24, 2.45) is 0 Å². The second kappa shape index (κ2) is 12.9. The van der Waals surface area contributed by atoms with Crippen molar-refractivity contribution in [1.29, 1.82) is 0 Å². The smallest absolute Gasteiger partial charge is 0.267 e. The fraction of sp³-hybridized carbons (Fsp3) is 0.414. The van der Waals surface area contributed by atoms with Gasteiger partial charge < -0.3 is 4.98 Å². The third kappa shape index (κ3) is 6.95. The predicted molar refractivity (Wildman–Crippen MR) is 153 cm³/mol. The molecule has 1 amide bonds. The maximum absolute atomic E-state index is 11.4. The first-order valence-electron chi connectivity index (χ1n) is 13.6. The molecule has 5 rings (SSSR count). The normalized spacial score (nSPS) is 18.5. The number of amides is 1. The van der Waals surface area contributed by atoms with E-state index >= 15 is 0 Å². The molecule has 1 unspecified atom stereocenters. The third-order valence-electron chi connectivity index (χ3n) is 8.02. The summed E-state index contributed by atoms with van der Waals surface area (Å²) in [6.45, 7) is 6.19. The van der Waals surface area contributed by atoms with Crippen LogP contribution in [0.1, 0.15) is 34.7 Å². The molecule has 0 saturated carbocycles. The lowest BCUT2D eigenvalue weighted by Crippen LogP contribution is -2.49. The van der Waals surface area contributed by atoms with Gasteiger partial charge in [-0.2, -0.15) is 0 Å². The lowest BCUT2D eigenvalue weighted by molar-refractivity contribution is -0.124. The molecule has 208 valence electrons. The van der Waals surface area contributed by atoms with Crippen LogP contribution in [0.3, 0.4) is 0 Å². The van der Waals surface area contributed by atoms with E-state index in [9.17, 15) is 13.2 Å². The van der Waals surface area contributed by atoms with Crippen LogP contribution in [0.15, 0.2) is 54.7 Å². The summed E-state index contributed by atoms with van der Waals surface area (Å²) in [6.07, 6.45) is 8.18. The molecule has 0 radical (unpaired) electrons. The number of aryl methyl sites for hydroxylation is 1. The highest BCUT2D eigenvalue weighted by Crippen LogP contribution is 2.36. The summed E-state index contributed by atoms with van der Waals surface area (Å²) in [7, 11) is -2.37. The number of hydroxylamine groups is 1. The van der Waals surface area contributed by atoms with Crippen LogP contribution >= 0.6 is 0 Å². The fourth-order valence-corrected chi connectivity index (χ4v) is 6.53. The van der Waals surface area contributed by atoms with E-state index in [0.29, 0.717) is 6.04 Å². The summed E-state index contributed by atoms with van der Waals surface area (Å²) >= 11 is 0. The average Bonchev–Trinajstić information content (AvgIpc) is 3.56. The Morgan fingerprint density at radius 3 is 2.69 bits per heavy atom. The highest BCUT2D eigenvalue weighted by atomic mass is 32.2. The minimum absolute atomic E-state index is 0.153. The second-order valence-corrected chi connectivity index (χ2v) is 11.3. The number of fused-ring (bicyclic) bond motifs is 2. The standard InChI is InChI=1S/C29H37N5O4S/c35-29(31-36)10-6-22-5-8-26-23(19-22)7-9-28(26)34(12-11-24-20-30-27-4-2-1-3-25(24)27)18-17-32-13-15-33(16-14-32)21-39(37)38/h1-6,8,10,19-20,28,30,36,39H,7,9,11-18,21H2,(H,31,35). The molecule has 0 spiro atoms. The number of carbonyl (C=O) groups is 1. The molecule has 1 aliphatic heterocycles. The van der Waals surface area contributed by atoms with Gasteiger partial charge in [0.2, 0.25) is 0 Å². The Bertz CT molecular complexity index is 1390. The Kier molecular flexibility index (Phi) is 9.10. The topological polar surface area (TPSA) is 109 Å². The monoisotopic (exact) mass is 551 g/mol. The van der Waals surface area contributed by atoms with Gasteiger partial charge in [0.1, 0.15) is 0 Å². The van der Waals surface area contributed by atoms with Crippen molar-refractivity contribution >= 4 is 33.6 Å². The van der Waals surface area contributed by atoms with Gasteiger partial charge in [-0.1, -0.05) is 36.4 Å². The molecule has 3 aromatic rings. The van der Waals surface area contributed by atoms with Gasteiger partial charge in [-0.15, -0.1) is 0 Å². The molecular weight excluding hydrogens is 514 g/mol. The van der Waals surface area contributed by atoms with Gasteiger partial charge in [0.15, 0.2) is 10.7 Å². The molecule has 1 aromatic heterocycles. The molecule has 2 aromatic carbocycles. The van der Waals surface area contributed by atoms with E-state index in [-0.39, 0.29) is 5.88 Å². The summed E-state index contributed by atoms with van der Waals surface area (Å²) in [5.74, 6) is -0.389. The molecule has 1 fully saturated rings. The first-order valence-corrected chi connectivity index (χ1v) is 15.0. The molecule has 1 atom stereocenters. The average molecular weight is 552 g/mol. The molecule has 0 bridgehead atoms. The van der Waals surface area contributed by atoms with Crippen molar-refractivity contribution in [3.8, 4) is 0 Å². The van der Waals surface area contributed by atoms with Gasteiger partial charge >= 0.3 is 0 Å². The number of aromatic nitrogens is 1. The van der Waals surface area contributed by atoms with Crippen LogP contribution in [0.25, 0.3) is 17.0 Å². The Balaban J connectivity index is 1.29. The number of piperazine rings is 1. The van der Waals surface area contributed by atoms with Gasteiger partial charge in [-0.25, -0.2) is 13.9 Å². The Labute approximate surface area is 231 Å². The van der Waals surface area contributed by atoms with Crippen LogP contribution in [0.4, 0.5) is 0 Å². The number of thiol groups is 1. The van der Waals surface area contributed by atoms with Crippen molar-refractivity contribution in [2.75, 3.05) is 51.7 Å². The number of rotatable bonds is 11. The van der Waals surface area contributed by atoms with Crippen LogP contribution in [-0.2, 0) is 28.3 Å². The van der Waals surface area contributed by atoms with E-state index in [2.05, 4.69) is 57.4 Å². The minimum atomic E-state index is -2.37. The van der Waals surface area contributed by atoms with Crippen LogP contribution in [0, 0.1) is 0 Å². The number of aromatic amines is 1. The van der Waals surface area contributed by atoms with Crippen molar-refractivity contribution in [3.05, 3.63) is 77.0 Å². The Morgan fingerprint density at radius 2 is 1.90 bits per heavy atom. The Morgan fingerprint density at radius 1 is 1.10 bits per heavy atom. The molecule has 39 heavy (non-hydrogen) atoms. The van der Waals surface area contributed by atoms with Crippen LogP contribution in [-0.4, -0.2) is 90.9 Å². The van der Waals surface area contributed by atoms with Crippen molar-refractivity contribution in [2.45, 2.75) is 25.3 Å². The van der Waals surface area contributed by atoms with E-state index in [0.717, 1.165) is 70.6 Å². The SMILES string of the molecule is O=C(C=Cc1ccc2c(c1)CCC2N(CCc1c[nH]c2ccccc12)CCN1CCN(C[SH](=O)=O)CC1)NO. The largest absolute Gasteiger partial charge is 0.361 e. The molecule has 9 nitrogen and oxygen atoms in total. The van der Waals surface area contributed by atoms with Crippen molar-refractivity contribution in [3.63, 3.8) is 0 Å². The summed E-state index contributed by atoms with van der Waals surface area (Å²) in [5, 5.41) is 10.0. The van der Waals surface area contributed by atoms with Crippen molar-refractivity contribution < 1.29 is 18.4 Å². The zero-order valence-electron chi connectivity index (χ0n) is 22.1. The maximum Gasteiger partial charge on any atom is 0.267 e. The van der Waals surface area contributed by atoms with Crippen molar-refractivity contribution in [1.82, 2.24) is 25.2 Å². The minimum Gasteiger partial charge on any atom is -0.361 e. The van der Waals surface area contributed by atoms with Gasteiger partial charge in [-0.05, 0) is 53.7 Å². The fourth-order valence-electron chi connectivity index (χ4n) is 5.92. The molecule has 1 aliphatic carbocycles. The number of hydrogen-bond acceptors (Lipinski definition) is 7. The molecule has 2 aliphatic rings. The van der Waals surface area contributed by atoms with E-state index in [1.54, 1.807) is 11.6 Å². The molecule has 1 saturated heterocycles. The van der Waals surface area contributed by atoms with Gasteiger partial charge in [0, 0.05) is 75.0 Å². The lowest BCUT2D eigenvalue weighted by atomic mass is 10.0. The van der Waals surface area contributed by atoms with Crippen LogP contribution in [0.5, 0.6) is 0 Å². The highest BCUT2D eigenvalue weighted by molar-refractivity contribution is 7.72. The first kappa shape index (κ1) is 27.5. The number of carbonyl (C=O) groups excluding carboxylic acids is 1. The van der Waals surface area contributed by atoms with Crippen LogP contribution < -0.4 is 5.48 Å². The summed E-state index contributed by atoms with van der Waals surface area (Å²) in [5.41, 5.74) is 7.73. The first-order chi connectivity index (χ1) is 19.0. The number of hydrogen-bond donors (Lipinski definition) is 4. The number of nitrogens with zero attached hydrogens (tertiary/aromatic N) is 3. The molecular formula is C29H37N5O4S.